The second-order valence-electron chi connectivity index (χ2n) is 7.20. The number of nitrogens with zero attached hydrogens (tertiary/aromatic N) is 1. The van der Waals surface area contributed by atoms with Crippen LogP contribution in [0, 0.1) is 5.82 Å². The molecule has 2 aliphatic rings. The molecular formula is C21H23FN2O5S2. The number of ether oxygens (including phenoxy) is 2. The molecule has 0 saturated carbocycles. The van der Waals surface area contributed by atoms with Gasteiger partial charge in [-0.25, -0.2) is 12.8 Å². The highest BCUT2D eigenvalue weighted by atomic mass is 32.2. The first-order valence-electron chi connectivity index (χ1n) is 9.90. The maximum absolute atomic E-state index is 14.1. The minimum absolute atomic E-state index is 0.0600. The monoisotopic (exact) mass is 466 g/mol. The summed E-state index contributed by atoms with van der Waals surface area (Å²) in [5.74, 6) is 0.125. The van der Waals surface area contributed by atoms with Gasteiger partial charge in [0.15, 0.2) is 0 Å². The van der Waals surface area contributed by atoms with Crippen molar-refractivity contribution in [2.45, 2.75) is 22.3 Å². The smallest absolute Gasteiger partial charge is 0.251 e. The highest BCUT2D eigenvalue weighted by Crippen LogP contribution is 2.38. The molecule has 2 aromatic carbocycles. The summed E-state index contributed by atoms with van der Waals surface area (Å²) >= 11 is 1.43. The average molecular weight is 467 g/mol. The van der Waals surface area contributed by atoms with Crippen LogP contribution >= 0.6 is 11.8 Å². The number of hydrogen-bond donors (Lipinski definition) is 1. The van der Waals surface area contributed by atoms with E-state index in [0.717, 1.165) is 5.56 Å². The standard InChI is InChI=1S/C21H23FN2O5S2/c1-28-18-6-5-14(13-19(18)31(26,27)24-8-10-29-11-9-24)21(25)23-17-7-12-30-20-15(17)3-2-4-16(20)22/h2-6,13,17H,7-12H2,1H3,(H,23,25)/t17-/m1/s1. The number of thioether (sulfide) groups is 1. The Morgan fingerprint density at radius 3 is 2.77 bits per heavy atom. The topological polar surface area (TPSA) is 84.9 Å². The lowest BCUT2D eigenvalue weighted by atomic mass is 10.0. The van der Waals surface area contributed by atoms with Crippen molar-refractivity contribution in [3.63, 3.8) is 0 Å². The zero-order valence-electron chi connectivity index (χ0n) is 17.0. The van der Waals surface area contributed by atoms with Crippen LogP contribution in [0.3, 0.4) is 0 Å². The Kier molecular flexibility index (Phi) is 6.52. The Hall–Kier alpha value is -2.14. The third kappa shape index (κ3) is 4.43. The summed E-state index contributed by atoms with van der Waals surface area (Å²) in [7, 11) is -2.47. The number of hydrogen-bond acceptors (Lipinski definition) is 6. The van der Waals surface area contributed by atoms with Crippen LogP contribution in [0.15, 0.2) is 46.2 Å². The molecule has 1 atom stereocenters. The van der Waals surface area contributed by atoms with E-state index in [2.05, 4.69) is 5.32 Å². The predicted molar refractivity (Wildman–Crippen MR) is 115 cm³/mol. The molecule has 7 nitrogen and oxygen atoms in total. The maximum atomic E-state index is 14.1. The fourth-order valence-corrected chi connectivity index (χ4v) is 6.45. The molecule has 0 radical (unpaired) electrons. The van der Waals surface area contributed by atoms with Crippen LogP contribution in [0.2, 0.25) is 0 Å². The van der Waals surface area contributed by atoms with E-state index < -0.39 is 15.9 Å². The first-order chi connectivity index (χ1) is 14.9. The number of methoxy groups -OCH3 is 1. The first kappa shape index (κ1) is 22.1. The van der Waals surface area contributed by atoms with E-state index in [-0.39, 0.29) is 41.2 Å². The van der Waals surface area contributed by atoms with Gasteiger partial charge in [-0.05, 0) is 36.2 Å². The van der Waals surface area contributed by atoms with Gasteiger partial charge < -0.3 is 14.8 Å². The van der Waals surface area contributed by atoms with Crippen LogP contribution in [0.25, 0.3) is 0 Å². The molecule has 0 bridgehead atoms. The van der Waals surface area contributed by atoms with Crippen molar-refractivity contribution in [1.82, 2.24) is 9.62 Å². The third-order valence-corrected chi connectivity index (χ3v) is 8.42. The highest BCUT2D eigenvalue weighted by Gasteiger charge is 2.31. The van der Waals surface area contributed by atoms with Crippen LogP contribution in [0.1, 0.15) is 28.4 Å². The van der Waals surface area contributed by atoms with Gasteiger partial charge in [-0.3, -0.25) is 4.79 Å². The normalized spacial score (nSPS) is 19.5. The van der Waals surface area contributed by atoms with Gasteiger partial charge in [-0.15, -0.1) is 11.8 Å². The zero-order valence-corrected chi connectivity index (χ0v) is 18.6. The molecule has 2 heterocycles. The summed E-state index contributed by atoms with van der Waals surface area (Å²) in [6.07, 6.45) is 0.655. The van der Waals surface area contributed by atoms with Crippen molar-refractivity contribution in [3.8, 4) is 5.75 Å². The van der Waals surface area contributed by atoms with E-state index in [4.69, 9.17) is 9.47 Å². The van der Waals surface area contributed by atoms with Crippen molar-refractivity contribution in [3.05, 3.63) is 53.3 Å². The molecule has 1 fully saturated rings. The Morgan fingerprint density at radius 2 is 2.03 bits per heavy atom. The summed E-state index contributed by atoms with van der Waals surface area (Å²) in [6, 6.07) is 8.83. The minimum atomic E-state index is -3.85. The highest BCUT2D eigenvalue weighted by molar-refractivity contribution is 7.99. The van der Waals surface area contributed by atoms with Gasteiger partial charge in [0.25, 0.3) is 5.91 Å². The number of sulfonamides is 1. The Labute approximate surface area is 185 Å². The van der Waals surface area contributed by atoms with Crippen molar-refractivity contribution < 1.29 is 27.1 Å². The largest absolute Gasteiger partial charge is 0.495 e. The summed E-state index contributed by atoms with van der Waals surface area (Å²) in [5.41, 5.74) is 0.933. The molecule has 2 aliphatic heterocycles. The number of morpholine rings is 1. The van der Waals surface area contributed by atoms with Gasteiger partial charge in [0, 0.05) is 29.3 Å². The third-order valence-electron chi connectivity index (χ3n) is 5.34. The Bertz CT molecular complexity index is 1090. The van der Waals surface area contributed by atoms with Crippen molar-refractivity contribution in [2.75, 3.05) is 39.2 Å². The summed E-state index contributed by atoms with van der Waals surface area (Å²) in [4.78, 5) is 13.5. The van der Waals surface area contributed by atoms with Gasteiger partial charge in [0.05, 0.1) is 26.4 Å². The van der Waals surface area contributed by atoms with Gasteiger partial charge >= 0.3 is 0 Å². The summed E-state index contributed by atoms with van der Waals surface area (Å²) < 4.78 is 52.2. The van der Waals surface area contributed by atoms with Crippen LogP contribution < -0.4 is 10.1 Å². The van der Waals surface area contributed by atoms with E-state index in [0.29, 0.717) is 30.3 Å². The average Bonchev–Trinajstić information content (AvgIpc) is 2.80. The second kappa shape index (κ2) is 9.15. The first-order valence-corrected chi connectivity index (χ1v) is 12.3. The number of halogens is 1. The van der Waals surface area contributed by atoms with Gasteiger partial charge in [-0.1, -0.05) is 12.1 Å². The van der Waals surface area contributed by atoms with E-state index in [1.807, 2.05) is 0 Å². The van der Waals surface area contributed by atoms with E-state index in [9.17, 15) is 17.6 Å². The molecular weight excluding hydrogens is 443 g/mol. The Morgan fingerprint density at radius 1 is 1.26 bits per heavy atom. The van der Waals surface area contributed by atoms with Gasteiger partial charge in [-0.2, -0.15) is 4.31 Å². The molecule has 0 aliphatic carbocycles. The molecule has 1 saturated heterocycles. The lowest BCUT2D eigenvalue weighted by molar-refractivity contribution is 0.0729. The van der Waals surface area contributed by atoms with Crippen LogP contribution in [-0.2, 0) is 14.8 Å². The van der Waals surface area contributed by atoms with E-state index >= 15 is 0 Å². The van der Waals surface area contributed by atoms with Crippen LogP contribution in [-0.4, -0.2) is 57.8 Å². The zero-order chi connectivity index (χ0) is 22.0. The molecule has 0 aromatic heterocycles. The number of rotatable bonds is 5. The molecule has 2 aromatic rings. The fraction of sp³-hybridized carbons (Fsp3) is 0.381. The molecule has 4 rings (SSSR count). The van der Waals surface area contributed by atoms with E-state index in [1.165, 1.54) is 47.4 Å². The van der Waals surface area contributed by atoms with Gasteiger partial charge in [0.1, 0.15) is 16.5 Å². The van der Waals surface area contributed by atoms with E-state index in [1.54, 1.807) is 12.1 Å². The summed E-state index contributed by atoms with van der Waals surface area (Å²) in [6.45, 7) is 1.11. The SMILES string of the molecule is COc1ccc(C(=O)N[C@@H]2CCSc3c(F)cccc32)cc1S(=O)(=O)N1CCOCC1. The quantitative estimate of drug-likeness (QED) is 0.730. The van der Waals surface area contributed by atoms with Crippen molar-refractivity contribution in [1.29, 1.82) is 0 Å². The van der Waals surface area contributed by atoms with Crippen LogP contribution in [0.4, 0.5) is 4.39 Å². The molecule has 1 N–H and O–H groups in total. The van der Waals surface area contributed by atoms with Gasteiger partial charge in [0.2, 0.25) is 10.0 Å². The summed E-state index contributed by atoms with van der Waals surface area (Å²) in [5, 5.41) is 2.93. The molecule has 0 spiro atoms. The number of carbonyl (C=O) groups is 1. The number of amides is 1. The molecule has 31 heavy (non-hydrogen) atoms. The molecule has 166 valence electrons. The molecule has 1 amide bonds. The lowest BCUT2D eigenvalue weighted by Gasteiger charge is -2.27. The number of benzene rings is 2. The van der Waals surface area contributed by atoms with Crippen LogP contribution in [0.5, 0.6) is 5.75 Å². The number of nitrogens with one attached hydrogen (secondary N) is 1. The fourth-order valence-electron chi connectivity index (χ4n) is 3.72. The predicted octanol–water partition coefficient (Wildman–Crippen LogP) is 2.82. The molecule has 0 unspecified atom stereocenters. The lowest BCUT2D eigenvalue weighted by Crippen LogP contribution is -2.40. The minimum Gasteiger partial charge on any atom is -0.495 e. The maximum Gasteiger partial charge on any atom is 0.251 e. The molecule has 10 heteroatoms. The second-order valence-corrected chi connectivity index (χ2v) is 10.2. The Balaban J connectivity index is 1.62. The van der Waals surface area contributed by atoms with Crippen molar-refractivity contribution in [2.24, 2.45) is 0 Å². The number of carbonyl (C=O) groups excluding carboxylic acids is 1. The number of fused-ring (bicyclic) bond motifs is 1. The van der Waals surface area contributed by atoms with Crippen molar-refractivity contribution >= 4 is 27.7 Å².